The van der Waals surface area contributed by atoms with Gasteiger partial charge in [-0.1, -0.05) is 29.8 Å². The van der Waals surface area contributed by atoms with Gasteiger partial charge < -0.3 is 29.6 Å². The zero-order valence-electron chi connectivity index (χ0n) is 26.8. The molecule has 4 heterocycles. The van der Waals surface area contributed by atoms with Crippen molar-refractivity contribution in [2.45, 2.75) is 46.1 Å². The van der Waals surface area contributed by atoms with Crippen LogP contribution in [0.3, 0.4) is 0 Å². The molecule has 10 nitrogen and oxygen atoms in total. The molecule has 0 aliphatic carbocycles. The Labute approximate surface area is 275 Å². The number of hydrogen-bond donors (Lipinski definition) is 1. The quantitative estimate of drug-likeness (QED) is 0.478. The lowest BCUT2D eigenvalue weighted by molar-refractivity contribution is -0.133. The van der Waals surface area contributed by atoms with Gasteiger partial charge in [0.2, 0.25) is 11.8 Å². The number of carboxylic acid groups (broad SMARTS) is 1. The summed E-state index contributed by atoms with van der Waals surface area (Å²) in [6.45, 7) is 10.2. The second-order valence-corrected chi connectivity index (χ2v) is 13.9. The third-order valence-electron chi connectivity index (χ3n) is 10.5. The van der Waals surface area contributed by atoms with Crippen LogP contribution in [0.1, 0.15) is 53.2 Å². The molecule has 2 unspecified atom stereocenters. The van der Waals surface area contributed by atoms with Crippen molar-refractivity contribution in [1.29, 1.82) is 0 Å². The smallest absolute Gasteiger partial charge is 0.407 e. The molecule has 2 aromatic rings. The molecule has 11 heteroatoms. The van der Waals surface area contributed by atoms with E-state index < -0.39 is 6.09 Å². The van der Waals surface area contributed by atoms with Crippen LogP contribution >= 0.6 is 11.6 Å². The topological polar surface area (TPSA) is 105 Å². The van der Waals surface area contributed by atoms with Gasteiger partial charge in [0, 0.05) is 81.5 Å². The lowest BCUT2D eigenvalue weighted by Crippen LogP contribution is -2.44. The van der Waals surface area contributed by atoms with E-state index in [2.05, 4.69) is 4.90 Å². The molecule has 0 bridgehead atoms. The molecule has 1 N–H and O–H groups in total. The van der Waals surface area contributed by atoms with E-state index in [-0.39, 0.29) is 30.2 Å². The highest BCUT2D eigenvalue weighted by Crippen LogP contribution is 2.34. The Balaban J connectivity index is 1.04. The Morgan fingerprint density at radius 1 is 0.935 bits per heavy atom. The first-order chi connectivity index (χ1) is 22.1. The molecule has 0 aromatic heterocycles. The highest BCUT2D eigenvalue weighted by Gasteiger charge is 2.42. The van der Waals surface area contributed by atoms with Gasteiger partial charge in [0.25, 0.3) is 5.91 Å². The molecule has 0 radical (unpaired) electrons. The second-order valence-electron chi connectivity index (χ2n) is 13.4. The number of halogens is 1. The highest BCUT2D eigenvalue weighted by atomic mass is 35.5. The first-order valence-electron chi connectivity index (χ1n) is 16.5. The molecule has 0 saturated carbocycles. The summed E-state index contributed by atoms with van der Waals surface area (Å²) in [5.74, 6) is 0.850. The summed E-state index contributed by atoms with van der Waals surface area (Å²) < 4.78 is 0. The maximum Gasteiger partial charge on any atom is 0.407 e. The number of piperidine rings is 1. The monoisotopic (exact) mass is 649 g/mol. The molecular weight excluding hydrogens is 606 g/mol. The normalized spacial score (nSPS) is 21.7. The maximum absolute atomic E-state index is 13.8. The highest BCUT2D eigenvalue weighted by molar-refractivity contribution is 6.31. The van der Waals surface area contributed by atoms with Gasteiger partial charge in [-0.15, -0.1) is 0 Å². The fourth-order valence-electron chi connectivity index (χ4n) is 7.78. The predicted molar refractivity (Wildman–Crippen MR) is 176 cm³/mol. The summed E-state index contributed by atoms with van der Waals surface area (Å²) in [6.07, 6.45) is 1.84. The van der Waals surface area contributed by atoms with Crippen molar-refractivity contribution >= 4 is 41.1 Å². The van der Waals surface area contributed by atoms with E-state index in [1.165, 1.54) is 4.90 Å². The number of amides is 4. The molecule has 246 valence electrons. The van der Waals surface area contributed by atoms with Gasteiger partial charge in [0.15, 0.2) is 0 Å². The van der Waals surface area contributed by atoms with Gasteiger partial charge in [0.05, 0.1) is 6.54 Å². The fraction of sp³-hybridized carbons (Fsp3) is 0.543. The lowest BCUT2D eigenvalue weighted by atomic mass is 9.94. The van der Waals surface area contributed by atoms with Crippen LogP contribution < -0.4 is 4.90 Å². The van der Waals surface area contributed by atoms with E-state index in [1.54, 1.807) is 6.92 Å². The molecule has 3 saturated heterocycles. The Hall–Kier alpha value is -3.63. The number of rotatable bonds is 7. The molecular formula is C35H44ClN5O5. The first-order valence-corrected chi connectivity index (χ1v) is 16.9. The Kier molecular flexibility index (Phi) is 9.57. The summed E-state index contributed by atoms with van der Waals surface area (Å²) in [4.78, 5) is 60.4. The SMILES string of the molecule is CC(=O)N1CCC(C(=O)N(CCCN2CC3CN(C(=O)c4cccc5c4CN(C(=O)O)CC5)CC3C2)c2ccc(C)c(Cl)c2)CC1. The average molecular weight is 650 g/mol. The number of aryl methyl sites for hydroxylation is 1. The van der Waals surface area contributed by atoms with Crippen molar-refractivity contribution in [3.05, 3.63) is 63.7 Å². The van der Waals surface area contributed by atoms with Crippen LogP contribution in [0.15, 0.2) is 36.4 Å². The molecule has 3 fully saturated rings. The van der Waals surface area contributed by atoms with Crippen LogP contribution in [-0.4, -0.2) is 107 Å². The summed E-state index contributed by atoms with van der Waals surface area (Å²) in [5.41, 5.74) is 4.33. The summed E-state index contributed by atoms with van der Waals surface area (Å²) >= 11 is 6.48. The molecule has 46 heavy (non-hydrogen) atoms. The van der Waals surface area contributed by atoms with Crippen LogP contribution in [0.2, 0.25) is 5.02 Å². The minimum absolute atomic E-state index is 0.00471. The molecule has 4 aliphatic heterocycles. The number of carbonyl (C=O) groups excluding carboxylic acids is 3. The molecule has 2 aromatic carbocycles. The Bertz CT molecular complexity index is 1490. The zero-order valence-corrected chi connectivity index (χ0v) is 27.5. The number of carbonyl (C=O) groups is 4. The third-order valence-corrected chi connectivity index (χ3v) is 10.9. The predicted octanol–water partition coefficient (Wildman–Crippen LogP) is 4.37. The summed E-state index contributed by atoms with van der Waals surface area (Å²) in [7, 11) is 0. The summed E-state index contributed by atoms with van der Waals surface area (Å²) in [6, 6.07) is 11.6. The second kappa shape index (κ2) is 13.6. The maximum atomic E-state index is 13.8. The number of fused-ring (bicyclic) bond motifs is 2. The van der Waals surface area contributed by atoms with Crippen LogP contribution in [0.5, 0.6) is 0 Å². The van der Waals surface area contributed by atoms with Crippen molar-refractivity contribution in [2.24, 2.45) is 17.8 Å². The van der Waals surface area contributed by atoms with Crippen LogP contribution in [-0.2, 0) is 22.6 Å². The van der Waals surface area contributed by atoms with Gasteiger partial charge in [-0.2, -0.15) is 0 Å². The Morgan fingerprint density at radius 3 is 2.30 bits per heavy atom. The van der Waals surface area contributed by atoms with Gasteiger partial charge >= 0.3 is 6.09 Å². The van der Waals surface area contributed by atoms with Crippen LogP contribution in [0, 0.1) is 24.7 Å². The van der Waals surface area contributed by atoms with Gasteiger partial charge in [-0.05, 0) is 85.9 Å². The van der Waals surface area contributed by atoms with Crippen molar-refractivity contribution in [1.82, 2.24) is 19.6 Å². The lowest BCUT2D eigenvalue weighted by Gasteiger charge is -2.34. The van der Waals surface area contributed by atoms with Crippen molar-refractivity contribution in [3.8, 4) is 0 Å². The minimum atomic E-state index is -0.950. The van der Waals surface area contributed by atoms with Crippen molar-refractivity contribution in [2.75, 3.05) is 63.8 Å². The van der Waals surface area contributed by atoms with E-state index in [0.717, 1.165) is 48.4 Å². The minimum Gasteiger partial charge on any atom is -0.465 e. The molecule has 0 spiro atoms. The first kappa shape index (κ1) is 32.3. The molecule has 4 aliphatic rings. The van der Waals surface area contributed by atoms with Crippen molar-refractivity contribution in [3.63, 3.8) is 0 Å². The van der Waals surface area contributed by atoms with Crippen LogP contribution in [0.4, 0.5) is 10.5 Å². The Morgan fingerprint density at radius 2 is 1.65 bits per heavy atom. The largest absolute Gasteiger partial charge is 0.465 e. The zero-order chi connectivity index (χ0) is 32.5. The molecule has 2 atom stereocenters. The standard InChI is InChI=1S/C35H44ClN5O5/c1-23-7-8-29(17-32(23)36)41(33(43)26-10-14-38(15-11-26)24(2)42)13-4-12-37-18-27-20-40(21-28(27)19-37)34(44)30-6-3-5-25-9-16-39(35(45)46)22-31(25)30/h3,5-8,17,26-28H,4,9-16,18-22H2,1-2H3,(H,45,46). The number of hydrogen-bond acceptors (Lipinski definition) is 5. The number of benzene rings is 2. The average Bonchev–Trinajstić information content (AvgIpc) is 3.62. The van der Waals surface area contributed by atoms with Crippen molar-refractivity contribution < 1.29 is 24.3 Å². The molecule has 4 amide bonds. The third kappa shape index (κ3) is 6.74. The van der Waals surface area contributed by atoms with E-state index in [4.69, 9.17) is 11.6 Å². The molecule has 6 rings (SSSR count). The number of nitrogens with zero attached hydrogens (tertiary/aromatic N) is 5. The van der Waals surface area contributed by atoms with Crippen LogP contribution in [0.25, 0.3) is 0 Å². The van der Waals surface area contributed by atoms with Gasteiger partial charge in [-0.3, -0.25) is 14.4 Å². The number of anilines is 1. The van der Waals surface area contributed by atoms with Gasteiger partial charge in [-0.25, -0.2) is 4.79 Å². The van der Waals surface area contributed by atoms with E-state index in [1.807, 2.05) is 58.0 Å². The summed E-state index contributed by atoms with van der Waals surface area (Å²) in [5, 5.41) is 10.2. The van der Waals surface area contributed by atoms with E-state index in [9.17, 15) is 24.3 Å². The fourth-order valence-corrected chi connectivity index (χ4v) is 7.96. The van der Waals surface area contributed by atoms with E-state index in [0.29, 0.717) is 81.0 Å². The number of likely N-dealkylation sites (tertiary alicyclic amines) is 3. The van der Waals surface area contributed by atoms with E-state index >= 15 is 0 Å². The van der Waals surface area contributed by atoms with Gasteiger partial charge in [0.1, 0.15) is 0 Å².